The van der Waals surface area contributed by atoms with Crippen molar-refractivity contribution in [3.05, 3.63) is 23.8 Å². The minimum Gasteiger partial charge on any atom is -0.481 e. The van der Waals surface area contributed by atoms with Crippen molar-refractivity contribution >= 4 is 11.8 Å². The summed E-state index contributed by atoms with van der Waals surface area (Å²) in [6.07, 6.45) is 7.70. The summed E-state index contributed by atoms with van der Waals surface area (Å²) in [5.74, 6) is -0.623. The number of fused-ring (bicyclic) bond motifs is 2. The molecule has 3 nitrogen and oxygen atoms in total. The molecule has 0 aromatic carbocycles. The molecule has 1 N–H and O–H groups in total. The number of hydrogen-bond acceptors (Lipinski definition) is 2. The first-order valence-corrected chi connectivity index (χ1v) is 8.79. The number of carbonyl (C=O) groups excluding carboxylic acids is 1. The number of carbonyl (C=O) groups is 2. The van der Waals surface area contributed by atoms with E-state index in [0.717, 1.165) is 37.7 Å². The second-order valence-electron chi connectivity index (χ2n) is 8.67. The summed E-state index contributed by atoms with van der Waals surface area (Å²) in [5.41, 5.74) is 1.36. The highest BCUT2D eigenvalue weighted by molar-refractivity contribution is 5.98. The molecule has 3 heteroatoms. The summed E-state index contributed by atoms with van der Waals surface area (Å²) >= 11 is 0. The molecule has 3 rings (SSSR count). The van der Waals surface area contributed by atoms with E-state index in [1.807, 2.05) is 13.0 Å². The van der Waals surface area contributed by atoms with Crippen LogP contribution in [0.2, 0.25) is 0 Å². The first kappa shape index (κ1) is 16.5. The van der Waals surface area contributed by atoms with Crippen molar-refractivity contribution in [2.45, 2.75) is 65.7 Å². The quantitative estimate of drug-likeness (QED) is 0.762. The molecule has 1 saturated carbocycles. The smallest absolute Gasteiger partial charge is 0.309 e. The fraction of sp³-hybridized carbons (Fsp3) is 0.700. The van der Waals surface area contributed by atoms with E-state index in [1.165, 1.54) is 5.57 Å². The van der Waals surface area contributed by atoms with Gasteiger partial charge in [-0.25, -0.2) is 0 Å². The van der Waals surface area contributed by atoms with E-state index in [0.29, 0.717) is 12.8 Å². The number of aliphatic carboxylic acids is 1. The molecule has 0 aliphatic heterocycles. The summed E-state index contributed by atoms with van der Waals surface area (Å²) in [6.45, 7) is 10.2. The van der Waals surface area contributed by atoms with Crippen molar-refractivity contribution in [1.82, 2.24) is 0 Å². The van der Waals surface area contributed by atoms with Crippen LogP contribution in [-0.4, -0.2) is 16.9 Å². The molecule has 0 heterocycles. The van der Waals surface area contributed by atoms with Crippen LogP contribution in [0.15, 0.2) is 23.8 Å². The van der Waals surface area contributed by atoms with E-state index in [-0.39, 0.29) is 22.5 Å². The van der Waals surface area contributed by atoms with Gasteiger partial charge in [-0.15, -0.1) is 6.58 Å². The van der Waals surface area contributed by atoms with Crippen molar-refractivity contribution in [1.29, 1.82) is 0 Å². The number of hydrogen-bond donors (Lipinski definition) is 1. The van der Waals surface area contributed by atoms with Crippen molar-refractivity contribution in [2.75, 3.05) is 0 Å². The molecule has 1 fully saturated rings. The highest BCUT2D eigenvalue weighted by Crippen LogP contribution is 2.62. The molecule has 3 aliphatic carbocycles. The van der Waals surface area contributed by atoms with Crippen molar-refractivity contribution in [3.8, 4) is 0 Å². The largest absolute Gasteiger partial charge is 0.481 e. The monoisotopic (exact) mass is 316 g/mol. The molecule has 0 amide bonds. The number of carboxylic acid groups (broad SMARTS) is 1. The lowest BCUT2D eigenvalue weighted by atomic mass is 9.47. The van der Waals surface area contributed by atoms with Gasteiger partial charge in [-0.1, -0.05) is 31.9 Å². The van der Waals surface area contributed by atoms with Gasteiger partial charge in [0.2, 0.25) is 0 Å². The second-order valence-corrected chi connectivity index (χ2v) is 8.67. The number of rotatable bonds is 2. The third kappa shape index (κ3) is 2.23. The van der Waals surface area contributed by atoms with Crippen molar-refractivity contribution in [3.63, 3.8) is 0 Å². The molecule has 4 atom stereocenters. The average molecular weight is 316 g/mol. The molecule has 1 unspecified atom stereocenters. The molecule has 0 spiro atoms. The number of ketones is 1. The van der Waals surface area contributed by atoms with Crippen LogP contribution in [-0.2, 0) is 9.59 Å². The number of carboxylic acids is 1. The van der Waals surface area contributed by atoms with Gasteiger partial charge in [-0.3, -0.25) is 9.59 Å². The van der Waals surface area contributed by atoms with Gasteiger partial charge in [0.05, 0.1) is 5.41 Å². The zero-order valence-corrected chi connectivity index (χ0v) is 14.6. The molecular formula is C20H28O3. The number of allylic oxidation sites excluding steroid dienone is 3. The van der Waals surface area contributed by atoms with Gasteiger partial charge in [-0.05, 0) is 61.3 Å². The van der Waals surface area contributed by atoms with Crippen LogP contribution in [0.3, 0.4) is 0 Å². The third-order valence-electron chi connectivity index (χ3n) is 7.22. The molecular weight excluding hydrogens is 288 g/mol. The zero-order valence-electron chi connectivity index (χ0n) is 14.6. The Balaban J connectivity index is 2.09. The summed E-state index contributed by atoms with van der Waals surface area (Å²) in [7, 11) is 0. The lowest BCUT2D eigenvalue weighted by molar-refractivity contribution is -0.160. The summed E-state index contributed by atoms with van der Waals surface area (Å²) < 4.78 is 0. The van der Waals surface area contributed by atoms with E-state index in [4.69, 9.17) is 0 Å². The minimum atomic E-state index is -0.777. The lowest BCUT2D eigenvalue weighted by Crippen LogP contribution is -2.53. The lowest BCUT2D eigenvalue weighted by Gasteiger charge is -2.55. The Morgan fingerprint density at radius 2 is 1.96 bits per heavy atom. The van der Waals surface area contributed by atoms with E-state index in [1.54, 1.807) is 0 Å². The van der Waals surface area contributed by atoms with Crippen molar-refractivity contribution < 1.29 is 14.7 Å². The molecule has 0 aromatic heterocycles. The Morgan fingerprint density at radius 3 is 2.57 bits per heavy atom. The fourth-order valence-electron chi connectivity index (χ4n) is 5.48. The SMILES string of the molecule is C=C[C@@]1(C)CCC2=C(C1)C(=O)CC1[C@](C)(C(=O)O)CCC[C@]21C. The predicted molar refractivity (Wildman–Crippen MR) is 90.0 cm³/mol. The third-order valence-corrected chi connectivity index (χ3v) is 7.22. The minimum absolute atomic E-state index is 0.00244. The predicted octanol–water partition coefficient (Wildman–Crippen LogP) is 4.53. The first-order valence-electron chi connectivity index (χ1n) is 8.79. The molecule has 126 valence electrons. The van der Waals surface area contributed by atoms with Crippen LogP contribution in [0.1, 0.15) is 65.7 Å². The normalized spacial score (nSPS) is 43.6. The first-order chi connectivity index (χ1) is 10.7. The second kappa shape index (κ2) is 5.06. The van der Waals surface area contributed by atoms with E-state index < -0.39 is 11.4 Å². The van der Waals surface area contributed by atoms with Gasteiger partial charge in [0.1, 0.15) is 0 Å². The molecule has 23 heavy (non-hydrogen) atoms. The Hall–Kier alpha value is -1.38. The Labute approximate surface area is 138 Å². The molecule has 0 aromatic rings. The standard InChI is InChI=1S/C20H28O3/c1-5-18(2)10-7-14-13(12-18)15(21)11-16-19(14,3)8-6-9-20(16,4)17(22)23/h5,16H,1,6-12H2,2-4H3,(H,22,23)/t16?,18-,19+,20+/m0/s1. The van der Waals surface area contributed by atoms with Gasteiger partial charge in [0.25, 0.3) is 0 Å². The topological polar surface area (TPSA) is 54.4 Å². The van der Waals surface area contributed by atoms with Crippen LogP contribution < -0.4 is 0 Å². The Morgan fingerprint density at radius 1 is 1.26 bits per heavy atom. The average Bonchev–Trinajstić information content (AvgIpc) is 2.50. The van der Waals surface area contributed by atoms with Gasteiger partial charge in [-0.2, -0.15) is 0 Å². The van der Waals surface area contributed by atoms with Crippen LogP contribution >= 0.6 is 0 Å². The van der Waals surface area contributed by atoms with Crippen LogP contribution in [0.25, 0.3) is 0 Å². The van der Waals surface area contributed by atoms with E-state index >= 15 is 0 Å². The van der Waals surface area contributed by atoms with E-state index in [2.05, 4.69) is 20.4 Å². The molecule has 3 aliphatic rings. The summed E-state index contributed by atoms with van der Waals surface area (Å²) in [5, 5.41) is 9.81. The van der Waals surface area contributed by atoms with Crippen LogP contribution in [0.4, 0.5) is 0 Å². The number of Topliss-reactive ketones (excluding diaryl/α,β-unsaturated/α-hetero) is 1. The van der Waals surface area contributed by atoms with Gasteiger partial charge in [0, 0.05) is 6.42 Å². The van der Waals surface area contributed by atoms with E-state index in [9.17, 15) is 14.7 Å². The maximum Gasteiger partial charge on any atom is 0.309 e. The van der Waals surface area contributed by atoms with Gasteiger partial charge in [0.15, 0.2) is 5.78 Å². The summed E-state index contributed by atoms with van der Waals surface area (Å²) in [4.78, 5) is 24.8. The highest BCUT2D eigenvalue weighted by atomic mass is 16.4. The van der Waals surface area contributed by atoms with Gasteiger partial charge >= 0.3 is 5.97 Å². The van der Waals surface area contributed by atoms with Gasteiger partial charge < -0.3 is 5.11 Å². The highest BCUT2D eigenvalue weighted by Gasteiger charge is 2.58. The van der Waals surface area contributed by atoms with Crippen LogP contribution in [0, 0.1) is 22.2 Å². The molecule has 0 saturated heterocycles. The fourth-order valence-corrected chi connectivity index (χ4v) is 5.48. The summed E-state index contributed by atoms with van der Waals surface area (Å²) in [6, 6.07) is 0. The Bertz CT molecular complexity index is 616. The van der Waals surface area contributed by atoms with Crippen molar-refractivity contribution in [2.24, 2.45) is 22.2 Å². The maximum atomic E-state index is 12.9. The molecule has 0 radical (unpaired) electrons. The Kier molecular flexibility index (Phi) is 3.62. The maximum absolute atomic E-state index is 12.9. The molecule has 0 bridgehead atoms. The van der Waals surface area contributed by atoms with Crippen LogP contribution in [0.5, 0.6) is 0 Å². The zero-order chi connectivity index (χ0) is 17.0.